The fourth-order valence-corrected chi connectivity index (χ4v) is 2.47. The van der Waals surface area contributed by atoms with Gasteiger partial charge in [0.05, 0.1) is 12.7 Å². The zero-order valence-corrected chi connectivity index (χ0v) is 11.5. The van der Waals surface area contributed by atoms with Crippen molar-refractivity contribution in [1.82, 2.24) is 10.2 Å². The average molecular weight is 244 g/mol. The molecule has 2 N–H and O–H groups in total. The predicted octanol–water partition coefficient (Wildman–Crippen LogP) is 0.846. The molecular weight excluding hydrogens is 216 g/mol. The summed E-state index contributed by atoms with van der Waals surface area (Å²) >= 11 is 0. The minimum Gasteiger partial charge on any atom is -0.389 e. The number of ether oxygens (including phenoxy) is 1. The largest absolute Gasteiger partial charge is 0.389 e. The third-order valence-electron chi connectivity index (χ3n) is 3.65. The van der Waals surface area contributed by atoms with E-state index in [2.05, 4.69) is 24.2 Å². The minimum absolute atomic E-state index is 0.383. The van der Waals surface area contributed by atoms with Gasteiger partial charge in [-0.05, 0) is 39.8 Å². The maximum atomic E-state index is 9.69. The highest BCUT2D eigenvalue weighted by molar-refractivity contribution is 4.78. The van der Waals surface area contributed by atoms with Crippen molar-refractivity contribution < 1.29 is 9.84 Å². The van der Waals surface area contributed by atoms with Gasteiger partial charge in [0.15, 0.2) is 0 Å². The highest BCUT2D eigenvalue weighted by Gasteiger charge is 2.19. The van der Waals surface area contributed by atoms with E-state index >= 15 is 0 Å². The van der Waals surface area contributed by atoms with E-state index in [-0.39, 0.29) is 6.10 Å². The van der Waals surface area contributed by atoms with Crippen molar-refractivity contribution in [3.05, 3.63) is 0 Å². The molecular formula is C13H28N2O2. The van der Waals surface area contributed by atoms with Crippen LogP contribution in [0.3, 0.4) is 0 Å². The van der Waals surface area contributed by atoms with Gasteiger partial charge in [0, 0.05) is 25.7 Å². The molecule has 0 aromatic carbocycles. The quantitative estimate of drug-likeness (QED) is 0.697. The van der Waals surface area contributed by atoms with E-state index < -0.39 is 0 Å². The van der Waals surface area contributed by atoms with Crippen LogP contribution in [-0.4, -0.2) is 62.0 Å². The molecule has 0 aromatic rings. The number of methoxy groups -OCH3 is 1. The van der Waals surface area contributed by atoms with E-state index in [9.17, 15) is 5.11 Å². The second-order valence-electron chi connectivity index (χ2n) is 5.28. The summed E-state index contributed by atoms with van der Waals surface area (Å²) in [7, 11) is 3.70. The number of aliphatic hydroxyl groups excluding tert-OH is 1. The van der Waals surface area contributed by atoms with Crippen LogP contribution in [0.5, 0.6) is 0 Å². The molecule has 3 unspecified atom stereocenters. The van der Waals surface area contributed by atoms with Crippen LogP contribution < -0.4 is 5.32 Å². The smallest absolute Gasteiger partial charge is 0.0900 e. The summed E-state index contributed by atoms with van der Waals surface area (Å²) in [6, 6.07) is 1.15. The molecule has 1 rings (SSSR count). The summed E-state index contributed by atoms with van der Waals surface area (Å²) in [4.78, 5) is 2.22. The minimum atomic E-state index is -0.383. The Hall–Kier alpha value is -0.160. The zero-order chi connectivity index (χ0) is 12.7. The molecule has 1 aliphatic rings. The lowest BCUT2D eigenvalue weighted by atomic mass is 9.98. The summed E-state index contributed by atoms with van der Waals surface area (Å²) in [5, 5.41) is 13.3. The van der Waals surface area contributed by atoms with E-state index in [0.717, 1.165) is 13.0 Å². The van der Waals surface area contributed by atoms with Gasteiger partial charge < -0.3 is 20.1 Å². The highest BCUT2D eigenvalue weighted by atomic mass is 16.5. The molecule has 0 spiro atoms. The topological polar surface area (TPSA) is 44.7 Å². The SMILES string of the molecule is COCC(O)CN(C)C(C)CC1CCCCN1. The molecule has 3 atom stereocenters. The molecule has 0 radical (unpaired) electrons. The molecule has 1 aliphatic heterocycles. The normalized spacial score (nSPS) is 24.9. The number of nitrogens with zero attached hydrogens (tertiary/aromatic N) is 1. The summed E-state index contributed by atoms with van der Waals surface area (Å²) in [5.41, 5.74) is 0. The van der Waals surface area contributed by atoms with Gasteiger partial charge in [0.1, 0.15) is 0 Å². The van der Waals surface area contributed by atoms with Crippen molar-refractivity contribution >= 4 is 0 Å². The monoisotopic (exact) mass is 244 g/mol. The molecule has 0 aliphatic carbocycles. The Morgan fingerprint density at radius 2 is 2.24 bits per heavy atom. The molecule has 0 saturated carbocycles. The van der Waals surface area contributed by atoms with E-state index in [1.54, 1.807) is 7.11 Å². The molecule has 1 saturated heterocycles. The average Bonchev–Trinajstić information content (AvgIpc) is 2.30. The fourth-order valence-electron chi connectivity index (χ4n) is 2.47. The maximum absolute atomic E-state index is 9.69. The van der Waals surface area contributed by atoms with Gasteiger partial charge in [-0.25, -0.2) is 0 Å². The Kier molecular flexibility index (Phi) is 7.04. The lowest BCUT2D eigenvalue weighted by Gasteiger charge is -2.32. The molecule has 1 heterocycles. The van der Waals surface area contributed by atoms with Crippen LogP contribution >= 0.6 is 0 Å². The van der Waals surface area contributed by atoms with E-state index in [1.807, 2.05) is 0 Å². The number of piperidine rings is 1. The number of aliphatic hydroxyl groups is 1. The number of rotatable bonds is 7. The number of nitrogens with one attached hydrogen (secondary N) is 1. The Morgan fingerprint density at radius 1 is 1.47 bits per heavy atom. The molecule has 0 bridgehead atoms. The molecule has 102 valence electrons. The third kappa shape index (κ3) is 5.82. The Balaban J connectivity index is 2.22. The summed E-state index contributed by atoms with van der Waals surface area (Å²) in [6.07, 6.45) is 4.73. The van der Waals surface area contributed by atoms with Crippen molar-refractivity contribution in [1.29, 1.82) is 0 Å². The second-order valence-corrected chi connectivity index (χ2v) is 5.28. The third-order valence-corrected chi connectivity index (χ3v) is 3.65. The van der Waals surface area contributed by atoms with Crippen LogP contribution in [0.25, 0.3) is 0 Å². The van der Waals surface area contributed by atoms with Crippen molar-refractivity contribution in [2.24, 2.45) is 0 Å². The lowest BCUT2D eigenvalue weighted by Crippen LogP contribution is -2.43. The van der Waals surface area contributed by atoms with Gasteiger partial charge in [-0.15, -0.1) is 0 Å². The first kappa shape index (κ1) is 14.9. The van der Waals surface area contributed by atoms with Gasteiger partial charge in [0.2, 0.25) is 0 Å². The zero-order valence-electron chi connectivity index (χ0n) is 11.5. The summed E-state index contributed by atoms with van der Waals surface area (Å²) in [6.45, 7) is 4.49. The summed E-state index contributed by atoms with van der Waals surface area (Å²) in [5.74, 6) is 0. The van der Waals surface area contributed by atoms with Gasteiger partial charge in [-0.2, -0.15) is 0 Å². The van der Waals surface area contributed by atoms with Crippen LogP contribution in [0.2, 0.25) is 0 Å². The van der Waals surface area contributed by atoms with Crippen LogP contribution in [0.15, 0.2) is 0 Å². The van der Waals surface area contributed by atoms with Crippen molar-refractivity contribution in [3.63, 3.8) is 0 Å². The van der Waals surface area contributed by atoms with E-state index in [0.29, 0.717) is 25.2 Å². The van der Waals surface area contributed by atoms with Gasteiger partial charge in [-0.1, -0.05) is 6.42 Å². The van der Waals surface area contributed by atoms with Crippen molar-refractivity contribution in [3.8, 4) is 0 Å². The number of likely N-dealkylation sites (N-methyl/N-ethyl adjacent to an activating group) is 1. The van der Waals surface area contributed by atoms with Crippen molar-refractivity contribution in [2.75, 3.05) is 33.9 Å². The molecule has 0 amide bonds. The molecule has 1 fully saturated rings. The van der Waals surface area contributed by atoms with E-state index in [4.69, 9.17) is 4.74 Å². The fraction of sp³-hybridized carbons (Fsp3) is 1.00. The van der Waals surface area contributed by atoms with Gasteiger partial charge in [-0.3, -0.25) is 0 Å². The molecule has 17 heavy (non-hydrogen) atoms. The van der Waals surface area contributed by atoms with Crippen LogP contribution in [-0.2, 0) is 4.74 Å². The molecule has 4 heteroatoms. The Bertz CT molecular complexity index is 196. The van der Waals surface area contributed by atoms with Crippen LogP contribution in [0.4, 0.5) is 0 Å². The maximum Gasteiger partial charge on any atom is 0.0900 e. The second kappa shape index (κ2) is 8.03. The first-order valence-corrected chi connectivity index (χ1v) is 6.74. The first-order valence-electron chi connectivity index (χ1n) is 6.74. The Morgan fingerprint density at radius 3 is 2.82 bits per heavy atom. The molecule has 0 aromatic heterocycles. The van der Waals surface area contributed by atoms with E-state index in [1.165, 1.54) is 19.3 Å². The van der Waals surface area contributed by atoms with Crippen LogP contribution in [0, 0.1) is 0 Å². The van der Waals surface area contributed by atoms with Crippen molar-refractivity contribution in [2.45, 2.75) is 50.8 Å². The summed E-state index contributed by atoms with van der Waals surface area (Å²) < 4.78 is 4.95. The first-order chi connectivity index (χ1) is 8.13. The van der Waals surface area contributed by atoms with Crippen LogP contribution in [0.1, 0.15) is 32.6 Å². The Labute approximate surface area is 105 Å². The predicted molar refractivity (Wildman–Crippen MR) is 70.2 cm³/mol. The van der Waals surface area contributed by atoms with Gasteiger partial charge >= 0.3 is 0 Å². The lowest BCUT2D eigenvalue weighted by molar-refractivity contribution is 0.0337. The highest BCUT2D eigenvalue weighted by Crippen LogP contribution is 2.14. The number of hydrogen-bond donors (Lipinski definition) is 2. The molecule has 4 nitrogen and oxygen atoms in total. The number of hydrogen-bond acceptors (Lipinski definition) is 4. The van der Waals surface area contributed by atoms with Gasteiger partial charge in [0.25, 0.3) is 0 Å². The standard InChI is InChI=1S/C13H28N2O2/c1-11(8-12-6-4-5-7-14-12)15(2)9-13(16)10-17-3/h11-14,16H,4-10H2,1-3H3.